The summed E-state index contributed by atoms with van der Waals surface area (Å²) in [5.41, 5.74) is 15.3. The van der Waals surface area contributed by atoms with Crippen LogP contribution in [0.4, 0.5) is 0 Å². The SMILES string of the molecule is CC1=C2c3cc(C)n(-c4ccccc4)c3C1[Si]2(C)C.CC1=Cc2c(-c3ccccc3)cccc2[CH]1[Zr]. The van der Waals surface area contributed by atoms with Crippen LogP contribution in [0.5, 0.6) is 0 Å². The van der Waals surface area contributed by atoms with Crippen LogP contribution in [-0.2, 0) is 24.7 Å². The monoisotopic (exact) mass is 560 g/mol. The molecular formula is C33H32NSiZr. The summed E-state index contributed by atoms with van der Waals surface area (Å²) in [5, 5.41) is 1.73. The molecule has 0 saturated heterocycles. The van der Waals surface area contributed by atoms with Crippen LogP contribution in [0, 0.1) is 6.92 Å². The van der Waals surface area contributed by atoms with Gasteiger partial charge in [0.1, 0.15) is 0 Å². The van der Waals surface area contributed by atoms with Gasteiger partial charge in [0.15, 0.2) is 0 Å². The third-order valence-electron chi connectivity index (χ3n) is 8.34. The van der Waals surface area contributed by atoms with Crippen LogP contribution in [0.2, 0.25) is 13.1 Å². The Bertz CT molecular complexity index is 1540. The quantitative estimate of drug-likeness (QED) is 0.216. The zero-order chi connectivity index (χ0) is 25.2. The fraction of sp³-hybridized carbons (Fsp3) is 0.212. The molecule has 0 amide bonds. The van der Waals surface area contributed by atoms with Crippen molar-refractivity contribution in [3.05, 3.63) is 124 Å². The van der Waals surface area contributed by atoms with Gasteiger partial charge in [-0.3, -0.25) is 0 Å². The van der Waals surface area contributed by atoms with Gasteiger partial charge in [-0.2, -0.15) is 0 Å². The van der Waals surface area contributed by atoms with Crippen molar-refractivity contribution in [2.75, 3.05) is 0 Å². The summed E-state index contributed by atoms with van der Waals surface area (Å²) in [7, 11) is -1.19. The second-order valence-corrected chi connectivity index (χ2v) is 16.9. The normalized spacial score (nSPS) is 20.2. The maximum absolute atomic E-state index is 2.52. The summed E-state index contributed by atoms with van der Waals surface area (Å²) in [6, 6.07) is 30.5. The van der Waals surface area contributed by atoms with E-state index in [0.29, 0.717) is 3.63 Å². The summed E-state index contributed by atoms with van der Waals surface area (Å²) < 4.78 is 3.14. The molecule has 2 atom stereocenters. The first-order valence-corrected chi connectivity index (χ1v) is 17.4. The van der Waals surface area contributed by atoms with Crippen molar-refractivity contribution >= 4 is 19.3 Å². The zero-order valence-electron chi connectivity index (χ0n) is 21.8. The van der Waals surface area contributed by atoms with Crippen molar-refractivity contribution in [1.29, 1.82) is 0 Å². The van der Waals surface area contributed by atoms with E-state index in [1.54, 1.807) is 46.7 Å². The van der Waals surface area contributed by atoms with Crippen molar-refractivity contribution in [2.24, 2.45) is 0 Å². The Labute approximate surface area is 231 Å². The minimum absolute atomic E-state index is 0.654. The molecule has 2 unspecified atom stereocenters. The predicted molar refractivity (Wildman–Crippen MR) is 152 cm³/mol. The first-order chi connectivity index (χ1) is 17.3. The minimum atomic E-state index is -1.19. The Morgan fingerprint density at radius 1 is 0.778 bits per heavy atom. The first kappa shape index (κ1) is 23.9. The van der Waals surface area contributed by atoms with Gasteiger partial charge in [0.25, 0.3) is 0 Å². The molecule has 2 bridgehead atoms. The number of benzene rings is 3. The second kappa shape index (κ2) is 8.82. The molecule has 3 heteroatoms. The van der Waals surface area contributed by atoms with Crippen molar-refractivity contribution in [3.8, 4) is 16.8 Å². The van der Waals surface area contributed by atoms with Crippen molar-refractivity contribution in [2.45, 2.75) is 43.0 Å². The summed E-state index contributed by atoms with van der Waals surface area (Å²) in [4.78, 5) is 0. The van der Waals surface area contributed by atoms with E-state index in [9.17, 15) is 0 Å². The van der Waals surface area contributed by atoms with Gasteiger partial charge in [-0.1, -0.05) is 42.1 Å². The van der Waals surface area contributed by atoms with Crippen LogP contribution in [0.3, 0.4) is 0 Å². The standard InChI is InChI=1S/C17H19NSi.C16H13.Zr/c1-11-10-14-15(17-12(2)16(14)19(17,3)4)18(11)13-8-6-5-7-9-13;1-12-10-14-8-5-9-15(16(14)11-12)13-6-3-2-4-7-13;/h5-10,17H,1-4H3;2-11H,1H3;. The van der Waals surface area contributed by atoms with Crippen molar-refractivity contribution in [1.82, 2.24) is 4.57 Å². The number of aromatic nitrogens is 1. The van der Waals surface area contributed by atoms with Crippen molar-refractivity contribution in [3.63, 3.8) is 0 Å². The molecule has 1 aromatic heterocycles. The Balaban J connectivity index is 0.000000134. The van der Waals surface area contributed by atoms with E-state index in [4.69, 9.17) is 0 Å². The van der Waals surface area contributed by atoms with Crippen LogP contribution in [0.25, 0.3) is 28.1 Å². The molecule has 0 spiro atoms. The summed E-state index contributed by atoms with van der Waals surface area (Å²) in [6.45, 7) is 11.8. The van der Waals surface area contributed by atoms with E-state index in [1.165, 1.54) is 39.2 Å². The fourth-order valence-corrected chi connectivity index (χ4v) is 12.0. The molecule has 177 valence electrons. The molecule has 1 nitrogen and oxygen atoms in total. The van der Waals surface area contributed by atoms with E-state index in [1.807, 2.05) is 0 Å². The molecule has 0 radical (unpaired) electrons. The molecule has 3 heterocycles. The molecule has 4 aromatic rings. The van der Waals surface area contributed by atoms with E-state index in [2.05, 4.69) is 129 Å². The van der Waals surface area contributed by atoms with E-state index < -0.39 is 8.07 Å². The number of nitrogens with zero attached hydrogens (tertiary/aromatic N) is 1. The number of fused-ring (bicyclic) bond motifs is 1. The molecule has 0 fully saturated rings. The number of para-hydroxylation sites is 1. The van der Waals surface area contributed by atoms with Crippen molar-refractivity contribution < 1.29 is 24.7 Å². The van der Waals surface area contributed by atoms with Crippen LogP contribution in [0.15, 0.2) is 96.1 Å². The summed E-state index contributed by atoms with van der Waals surface area (Å²) in [6.07, 6.45) is 2.36. The van der Waals surface area contributed by atoms with Gasteiger partial charge in [0.05, 0.1) is 8.07 Å². The molecule has 8 rings (SSSR count). The molecule has 4 aliphatic rings. The average Bonchev–Trinajstić information content (AvgIpc) is 3.53. The van der Waals surface area contributed by atoms with Crippen LogP contribution < -0.4 is 0 Å². The summed E-state index contributed by atoms with van der Waals surface area (Å²) >= 11 is 1.58. The zero-order valence-corrected chi connectivity index (χ0v) is 25.2. The molecular weight excluding hydrogens is 530 g/mol. The number of rotatable bonds is 2. The topological polar surface area (TPSA) is 4.93 Å². The molecule has 3 aromatic carbocycles. The Hall–Kier alpha value is -2.48. The van der Waals surface area contributed by atoms with E-state index in [0.717, 1.165) is 5.54 Å². The molecule has 0 saturated carbocycles. The third-order valence-corrected chi connectivity index (χ3v) is 14.3. The second-order valence-electron chi connectivity index (χ2n) is 11.0. The maximum atomic E-state index is 2.52. The Morgan fingerprint density at radius 2 is 1.44 bits per heavy atom. The van der Waals surface area contributed by atoms with Gasteiger partial charge in [-0.15, -0.1) is 0 Å². The van der Waals surface area contributed by atoms with Gasteiger partial charge in [-0.25, -0.2) is 0 Å². The fourth-order valence-electron chi connectivity index (χ4n) is 6.85. The third kappa shape index (κ3) is 3.51. The van der Waals surface area contributed by atoms with E-state index in [-0.39, 0.29) is 0 Å². The Morgan fingerprint density at radius 3 is 2.11 bits per heavy atom. The molecule has 36 heavy (non-hydrogen) atoms. The van der Waals surface area contributed by atoms with Gasteiger partial charge >= 0.3 is 118 Å². The molecule has 0 N–H and O–H groups in total. The average molecular weight is 562 g/mol. The van der Waals surface area contributed by atoms with Gasteiger partial charge < -0.3 is 4.57 Å². The van der Waals surface area contributed by atoms with Crippen LogP contribution >= 0.6 is 0 Å². The van der Waals surface area contributed by atoms with Gasteiger partial charge in [0.2, 0.25) is 0 Å². The van der Waals surface area contributed by atoms with Gasteiger partial charge in [0, 0.05) is 22.6 Å². The molecule has 2 aliphatic carbocycles. The Kier molecular flexibility index (Phi) is 5.85. The summed E-state index contributed by atoms with van der Waals surface area (Å²) in [5.74, 6) is 0. The van der Waals surface area contributed by atoms with E-state index >= 15 is 0 Å². The number of hydrogen-bond donors (Lipinski definition) is 0. The molecule has 2 aliphatic heterocycles. The number of aryl methyl sites for hydroxylation is 1. The van der Waals surface area contributed by atoms with Crippen LogP contribution in [-0.4, -0.2) is 12.6 Å². The first-order valence-electron chi connectivity index (χ1n) is 12.9. The van der Waals surface area contributed by atoms with Crippen LogP contribution in [0.1, 0.15) is 51.1 Å². The predicted octanol–water partition coefficient (Wildman–Crippen LogP) is 8.82. The van der Waals surface area contributed by atoms with Gasteiger partial charge in [-0.05, 0) is 37.6 Å². The number of allylic oxidation sites excluding steroid dienone is 2. The number of hydrogen-bond acceptors (Lipinski definition) is 0.